The highest BCUT2D eigenvalue weighted by molar-refractivity contribution is 6.13. The number of carbonyl (C=O) groups is 1. The molecule has 1 aliphatic rings. The van der Waals surface area contributed by atoms with Gasteiger partial charge >= 0.3 is 5.97 Å². The minimum atomic E-state index is -0.630. The van der Waals surface area contributed by atoms with Gasteiger partial charge in [-0.05, 0) is 43.7 Å². The van der Waals surface area contributed by atoms with Crippen molar-refractivity contribution in [2.24, 2.45) is 4.99 Å². The van der Waals surface area contributed by atoms with Crippen LogP contribution in [0.2, 0.25) is 0 Å². The zero-order chi connectivity index (χ0) is 21.8. The standard InChI is InChI=1S/C22H20N2O6/c1-13(2)12-29-20-15(6-5-7-19(20)28-4)11-17-22(25)30-21(23-17)16-8-9-18(24(26)27)14(3)10-16/h5-11H,1,12H2,2-4H3/b17-11-. The van der Waals surface area contributed by atoms with Crippen LogP contribution in [0.5, 0.6) is 11.5 Å². The first kappa shape index (κ1) is 20.8. The number of hydrogen-bond acceptors (Lipinski definition) is 7. The molecule has 154 valence electrons. The molecular weight excluding hydrogens is 388 g/mol. The Bertz CT molecular complexity index is 1100. The Kier molecular flexibility index (Phi) is 5.96. The number of aliphatic imine (C=N–C) groups is 1. The molecule has 0 aromatic heterocycles. The topological polar surface area (TPSA) is 100 Å². The van der Waals surface area contributed by atoms with Crippen molar-refractivity contribution in [3.05, 3.63) is 81.1 Å². The fourth-order valence-electron chi connectivity index (χ4n) is 2.83. The third-order valence-electron chi connectivity index (χ3n) is 4.25. The average Bonchev–Trinajstić information content (AvgIpc) is 3.06. The fraction of sp³-hybridized carbons (Fsp3) is 0.182. The highest BCUT2D eigenvalue weighted by Gasteiger charge is 2.26. The molecule has 1 aliphatic heterocycles. The van der Waals surface area contributed by atoms with Gasteiger partial charge in [0.15, 0.2) is 17.2 Å². The summed E-state index contributed by atoms with van der Waals surface area (Å²) in [4.78, 5) is 27.1. The molecule has 0 fully saturated rings. The first-order valence-electron chi connectivity index (χ1n) is 9.02. The summed E-state index contributed by atoms with van der Waals surface area (Å²) in [5, 5.41) is 11.0. The van der Waals surface area contributed by atoms with Crippen molar-refractivity contribution in [3.63, 3.8) is 0 Å². The number of nitro groups is 1. The van der Waals surface area contributed by atoms with Crippen molar-refractivity contribution in [2.75, 3.05) is 13.7 Å². The van der Waals surface area contributed by atoms with Gasteiger partial charge in [-0.25, -0.2) is 9.79 Å². The second kappa shape index (κ2) is 8.60. The van der Waals surface area contributed by atoms with Crippen molar-refractivity contribution in [3.8, 4) is 11.5 Å². The van der Waals surface area contributed by atoms with Gasteiger partial charge in [0.1, 0.15) is 6.61 Å². The van der Waals surface area contributed by atoms with Crippen LogP contribution < -0.4 is 9.47 Å². The summed E-state index contributed by atoms with van der Waals surface area (Å²) < 4.78 is 16.4. The molecule has 0 N–H and O–H groups in total. The molecule has 8 heteroatoms. The SMILES string of the molecule is C=C(C)COc1c(/C=C2\N=C(c3ccc([N+](=O)[O-])c(C)c3)OC2=O)cccc1OC. The van der Waals surface area contributed by atoms with E-state index in [2.05, 4.69) is 11.6 Å². The monoisotopic (exact) mass is 408 g/mol. The lowest BCUT2D eigenvalue weighted by Gasteiger charge is -2.13. The molecule has 30 heavy (non-hydrogen) atoms. The van der Waals surface area contributed by atoms with Crippen molar-refractivity contribution in [1.29, 1.82) is 0 Å². The summed E-state index contributed by atoms with van der Waals surface area (Å²) in [6.07, 6.45) is 1.55. The van der Waals surface area contributed by atoms with Crippen LogP contribution in [-0.4, -0.2) is 30.5 Å². The molecule has 0 unspecified atom stereocenters. The molecule has 2 aromatic rings. The third-order valence-corrected chi connectivity index (χ3v) is 4.25. The maximum Gasteiger partial charge on any atom is 0.363 e. The zero-order valence-corrected chi connectivity index (χ0v) is 16.8. The number of nitro benzene ring substituents is 1. The number of nitrogens with zero attached hydrogens (tertiary/aromatic N) is 2. The minimum absolute atomic E-state index is 0.0184. The van der Waals surface area contributed by atoms with Crippen LogP contribution in [0.1, 0.15) is 23.6 Å². The molecule has 0 saturated carbocycles. The average molecular weight is 408 g/mol. The summed E-state index contributed by atoms with van der Waals surface area (Å²) in [5.74, 6) is 0.413. The number of carbonyl (C=O) groups excluding carboxylic acids is 1. The smallest absolute Gasteiger partial charge is 0.363 e. The van der Waals surface area contributed by atoms with E-state index in [0.29, 0.717) is 28.2 Å². The lowest BCUT2D eigenvalue weighted by atomic mass is 10.1. The number of rotatable bonds is 7. The normalized spacial score (nSPS) is 14.3. The molecular formula is C22H20N2O6. The Morgan fingerprint density at radius 3 is 2.73 bits per heavy atom. The maximum absolute atomic E-state index is 12.4. The summed E-state index contributed by atoms with van der Waals surface area (Å²) in [7, 11) is 1.52. The third kappa shape index (κ3) is 4.38. The van der Waals surface area contributed by atoms with Crippen molar-refractivity contribution in [1.82, 2.24) is 0 Å². The van der Waals surface area contributed by atoms with E-state index in [4.69, 9.17) is 14.2 Å². The number of ether oxygens (including phenoxy) is 3. The van der Waals surface area contributed by atoms with Gasteiger partial charge < -0.3 is 14.2 Å². The predicted molar refractivity (Wildman–Crippen MR) is 112 cm³/mol. The van der Waals surface area contributed by atoms with Crippen LogP contribution in [0.15, 0.2) is 59.2 Å². The van der Waals surface area contributed by atoms with E-state index in [-0.39, 0.29) is 23.9 Å². The van der Waals surface area contributed by atoms with Crippen molar-refractivity contribution >= 4 is 23.6 Å². The van der Waals surface area contributed by atoms with E-state index in [0.717, 1.165) is 5.57 Å². The van der Waals surface area contributed by atoms with Gasteiger partial charge in [0.05, 0.1) is 12.0 Å². The van der Waals surface area contributed by atoms with Gasteiger partial charge in [-0.3, -0.25) is 10.1 Å². The number of benzene rings is 2. The van der Waals surface area contributed by atoms with Crippen LogP contribution in [0, 0.1) is 17.0 Å². The van der Waals surface area contributed by atoms with Crippen LogP contribution in [0.25, 0.3) is 6.08 Å². The van der Waals surface area contributed by atoms with E-state index in [1.165, 1.54) is 19.2 Å². The second-order valence-corrected chi connectivity index (χ2v) is 6.72. The highest BCUT2D eigenvalue weighted by Crippen LogP contribution is 2.34. The minimum Gasteiger partial charge on any atom is -0.493 e. The van der Waals surface area contributed by atoms with Crippen LogP contribution >= 0.6 is 0 Å². The molecule has 0 atom stereocenters. The lowest BCUT2D eigenvalue weighted by Crippen LogP contribution is -2.06. The first-order chi connectivity index (χ1) is 14.3. The van der Waals surface area contributed by atoms with E-state index in [9.17, 15) is 14.9 Å². The molecule has 0 spiro atoms. The number of esters is 1. The molecule has 0 saturated heterocycles. The molecule has 0 amide bonds. The molecule has 0 radical (unpaired) electrons. The number of methoxy groups -OCH3 is 1. The van der Waals surface area contributed by atoms with Crippen LogP contribution in [0.3, 0.4) is 0 Å². The summed E-state index contributed by atoms with van der Waals surface area (Å²) in [6, 6.07) is 9.68. The summed E-state index contributed by atoms with van der Waals surface area (Å²) in [5.41, 5.74) is 2.39. The molecule has 1 heterocycles. The van der Waals surface area contributed by atoms with Gasteiger partial charge in [0, 0.05) is 22.8 Å². The quantitative estimate of drug-likeness (QED) is 0.224. The lowest BCUT2D eigenvalue weighted by molar-refractivity contribution is -0.385. The molecule has 0 bridgehead atoms. The predicted octanol–water partition coefficient (Wildman–Crippen LogP) is 4.21. The number of cyclic esters (lactones) is 1. The number of aryl methyl sites for hydroxylation is 1. The highest BCUT2D eigenvalue weighted by atomic mass is 16.6. The second-order valence-electron chi connectivity index (χ2n) is 6.72. The van der Waals surface area contributed by atoms with E-state index in [1.807, 2.05) is 6.92 Å². The molecule has 2 aromatic carbocycles. The molecule has 3 rings (SSSR count). The Balaban J connectivity index is 1.98. The largest absolute Gasteiger partial charge is 0.493 e. The van der Waals surface area contributed by atoms with Gasteiger partial charge in [-0.1, -0.05) is 18.7 Å². The summed E-state index contributed by atoms with van der Waals surface area (Å²) >= 11 is 0. The van der Waals surface area contributed by atoms with Gasteiger partial charge in [0.25, 0.3) is 5.69 Å². The van der Waals surface area contributed by atoms with E-state index in [1.54, 1.807) is 37.3 Å². The van der Waals surface area contributed by atoms with Crippen molar-refractivity contribution in [2.45, 2.75) is 13.8 Å². The number of para-hydroxylation sites is 1. The first-order valence-corrected chi connectivity index (χ1v) is 9.02. The molecule has 8 nitrogen and oxygen atoms in total. The Hall–Kier alpha value is -3.94. The Labute approximate surface area is 173 Å². The maximum atomic E-state index is 12.4. The van der Waals surface area contributed by atoms with Crippen LogP contribution in [-0.2, 0) is 9.53 Å². The van der Waals surface area contributed by atoms with Crippen molar-refractivity contribution < 1.29 is 23.9 Å². The molecule has 0 aliphatic carbocycles. The van der Waals surface area contributed by atoms with E-state index >= 15 is 0 Å². The van der Waals surface area contributed by atoms with Gasteiger partial charge in [-0.15, -0.1) is 0 Å². The zero-order valence-electron chi connectivity index (χ0n) is 16.8. The van der Waals surface area contributed by atoms with Gasteiger partial charge in [0.2, 0.25) is 5.90 Å². The Morgan fingerprint density at radius 2 is 2.10 bits per heavy atom. The summed E-state index contributed by atoms with van der Waals surface area (Å²) in [6.45, 7) is 7.55. The fourth-order valence-corrected chi connectivity index (χ4v) is 2.83. The van der Waals surface area contributed by atoms with Crippen LogP contribution in [0.4, 0.5) is 5.69 Å². The Morgan fingerprint density at radius 1 is 1.33 bits per heavy atom. The van der Waals surface area contributed by atoms with E-state index < -0.39 is 10.9 Å². The van der Waals surface area contributed by atoms with Gasteiger partial charge in [-0.2, -0.15) is 0 Å². The number of hydrogen-bond donors (Lipinski definition) is 0.